The summed E-state index contributed by atoms with van der Waals surface area (Å²) in [5, 5.41) is 2.74. The van der Waals surface area contributed by atoms with Crippen LogP contribution in [-0.4, -0.2) is 13.0 Å². The zero-order valence-electron chi connectivity index (χ0n) is 10.1. The molecule has 0 radical (unpaired) electrons. The minimum atomic E-state index is -0.478. The Morgan fingerprint density at radius 1 is 1.26 bits per heavy atom. The molecule has 0 saturated carbocycles. The molecule has 0 aliphatic carbocycles. The molecule has 1 N–H and O–H groups in total. The second-order valence-corrected chi connectivity index (χ2v) is 4.94. The fraction of sp³-hybridized carbons (Fsp3) is 0.0714. The Morgan fingerprint density at radius 2 is 2.00 bits per heavy atom. The predicted molar refractivity (Wildman–Crippen MR) is 80.1 cm³/mol. The van der Waals surface area contributed by atoms with E-state index < -0.39 is 11.7 Å². The first-order valence-corrected chi connectivity index (χ1v) is 6.59. The van der Waals surface area contributed by atoms with Crippen LogP contribution in [0.25, 0.3) is 0 Å². The maximum Gasteiger partial charge on any atom is 0.259 e. The highest BCUT2D eigenvalue weighted by atomic mass is 127. The molecule has 5 heteroatoms. The van der Waals surface area contributed by atoms with Crippen LogP contribution < -0.4 is 10.1 Å². The van der Waals surface area contributed by atoms with Gasteiger partial charge in [0.05, 0.1) is 18.4 Å². The van der Waals surface area contributed by atoms with E-state index in [9.17, 15) is 9.18 Å². The van der Waals surface area contributed by atoms with Crippen molar-refractivity contribution in [2.75, 3.05) is 12.4 Å². The third kappa shape index (κ3) is 3.23. The third-order valence-electron chi connectivity index (χ3n) is 2.53. The number of para-hydroxylation sites is 1. The van der Waals surface area contributed by atoms with Crippen LogP contribution >= 0.6 is 22.6 Å². The Hall–Kier alpha value is -1.63. The Labute approximate surface area is 123 Å². The quantitative estimate of drug-likeness (QED) is 0.836. The van der Waals surface area contributed by atoms with Gasteiger partial charge in [0.25, 0.3) is 5.91 Å². The summed E-state index contributed by atoms with van der Waals surface area (Å²) in [5.41, 5.74) is 0.849. The molecule has 0 aliphatic rings. The molecule has 0 unspecified atom stereocenters. The van der Waals surface area contributed by atoms with Gasteiger partial charge in [0.15, 0.2) is 0 Å². The molecular formula is C14H11FINO2. The first-order chi connectivity index (χ1) is 9.11. The monoisotopic (exact) mass is 371 g/mol. The van der Waals surface area contributed by atoms with E-state index >= 15 is 0 Å². The van der Waals surface area contributed by atoms with Crippen LogP contribution in [0.15, 0.2) is 42.5 Å². The zero-order chi connectivity index (χ0) is 13.8. The average Bonchev–Trinajstić information content (AvgIpc) is 2.41. The number of carbonyl (C=O) groups is 1. The average molecular weight is 371 g/mol. The molecule has 2 aromatic rings. The SMILES string of the molecule is COc1ccc(F)cc1C(=O)Nc1ccccc1I. The van der Waals surface area contributed by atoms with Crippen LogP contribution in [0.2, 0.25) is 0 Å². The second kappa shape index (κ2) is 6.01. The fourth-order valence-electron chi connectivity index (χ4n) is 1.61. The summed E-state index contributed by atoms with van der Waals surface area (Å²) in [6.07, 6.45) is 0. The molecule has 0 saturated heterocycles. The third-order valence-corrected chi connectivity index (χ3v) is 3.47. The number of benzene rings is 2. The Balaban J connectivity index is 2.30. The standard InChI is InChI=1S/C14H11FINO2/c1-19-13-7-6-9(15)8-10(13)14(18)17-12-5-3-2-4-11(12)16/h2-8H,1H3,(H,17,18). The molecule has 3 nitrogen and oxygen atoms in total. The summed E-state index contributed by atoms with van der Waals surface area (Å²) in [7, 11) is 1.44. The van der Waals surface area contributed by atoms with Crippen LogP contribution in [-0.2, 0) is 0 Å². The molecule has 0 aromatic heterocycles. The van der Waals surface area contributed by atoms with E-state index in [1.54, 1.807) is 6.07 Å². The Morgan fingerprint density at radius 3 is 2.68 bits per heavy atom. The van der Waals surface area contributed by atoms with Gasteiger partial charge in [-0.2, -0.15) is 0 Å². The van der Waals surface area contributed by atoms with Gasteiger partial charge in [-0.05, 0) is 52.9 Å². The summed E-state index contributed by atoms with van der Waals surface area (Å²) < 4.78 is 19.2. The van der Waals surface area contributed by atoms with Crippen molar-refractivity contribution in [2.24, 2.45) is 0 Å². The molecule has 0 fully saturated rings. The highest BCUT2D eigenvalue weighted by Crippen LogP contribution is 2.22. The molecule has 0 atom stereocenters. The first kappa shape index (κ1) is 13.8. The molecule has 1 amide bonds. The fourth-order valence-corrected chi connectivity index (χ4v) is 2.13. The highest BCUT2D eigenvalue weighted by Gasteiger charge is 2.14. The maximum absolute atomic E-state index is 13.2. The zero-order valence-corrected chi connectivity index (χ0v) is 12.3. The normalized spacial score (nSPS) is 10.1. The van der Waals surface area contributed by atoms with Crippen molar-refractivity contribution in [3.63, 3.8) is 0 Å². The van der Waals surface area contributed by atoms with Gasteiger partial charge >= 0.3 is 0 Å². The van der Waals surface area contributed by atoms with Crippen molar-refractivity contribution in [3.05, 3.63) is 57.4 Å². The van der Waals surface area contributed by atoms with Crippen LogP contribution in [0, 0.1) is 9.39 Å². The minimum absolute atomic E-state index is 0.169. The lowest BCUT2D eigenvalue weighted by molar-refractivity contribution is 0.102. The lowest BCUT2D eigenvalue weighted by atomic mass is 10.1. The lowest BCUT2D eigenvalue weighted by Crippen LogP contribution is -2.14. The number of hydrogen-bond acceptors (Lipinski definition) is 2. The number of nitrogens with one attached hydrogen (secondary N) is 1. The van der Waals surface area contributed by atoms with Crippen molar-refractivity contribution in [3.8, 4) is 5.75 Å². The van der Waals surface area contributed by atoms with Gasteiger partial charge in [-0.1, -0.05) is 12.1 Å². The van der Waals surface area contributed by atoms with Gasteiger partial charge in [0.2, 0.25) is 0 Å². The molecule has 0 aliphatic heterocycles. The predicted octanol–water partition coefficient (Wildman–Crippen LogP) is 3.69. The molecular weight excluding hydrogens is 360 g/mol. The van der Waals surface area contributed by atoms with Crippen molar-refractivity contribution in [1.29, 1.82) is 0 Å². The molecule has 0 heterocycles. The molecule has 2 rings (SSSR count). The van der Waals surface area contributed by atoms with Gasteiger partial charge in [0.1, 0.15) is 11.6 Å². The first-order valence-electron chi connectivity index (χ1n) is 5.51. The van der Waals surface area contributed by atoms with Crippen LogP contribution in [0.3, 0.4) is 0 Å². The van der Waals surface area contributed by atoms with E-state index in [1.165, 1.54) is 19.2 Å². The summed E-state index contributed by atoms with van der Waals surface area (Å²) in [6, 6.07) is 11.2. The largest absolute Gasteiger partial charge is 0.496 e. The van der Waals surface area contributed by atoms with Gasteiger partial charge in [0, 0.05) is 3.57 Å². The summed E-state index contributed by atoms with van der Waals surface area (Å²) in [6.45, 7) is 0. The molecule has 2 aromatic carbocycles. The van der Waals surface area contributed by atoms with Crippen molar-refractivity contribution >= 4 is 34.2 Å². The molecule has 98 valence electrons. The topological polar surface area (TPSA) is 38.3 Å². The van der Waals surface area contributed by atoms with Crippen LogP contribution in [0.1, 0.15) is 10.4 Å². The van der Waals surface area contributed by atoms with Gasteiger partial charge in [-0.15, -0.1) is 0 Å². The highest BCUT2D eigenvalue weighted by molar-refractivity contribution is 14.1. The van der Waals surface area contributed by atoms with Gasteiger partial charge in [-0.25, -0.2) is 4.39 Å². The second-order valence-electron chi connectivity index (χ2n) is 3.78. The van der Waals surface area contributed by atoms with Crippen molar-refractivity contribution < 1.29 is 13.9 Å². The van der Waals surface area contributed by atoms with Gasteiger partial charge in [-0.3, -0.25) is 4.79 Å². The van der Waals surface area contributed by atoms with Crippen LogP contribution in [0.4, 0.5) is 10.1 Å². The van der Waals surface area contributed by atoms with E-state index in [1.807, 2.05) is 18.2 Å². The summed E-state index contributed by atoms with van der Waals surface area (Å²) >= 11 is 2.12. The maximum atomic E-state index is 13.2. The van der Waals surface area contributed by atoms with E-state index in [0.29, 0.717) is 11.4 Å². The molecule has 19 heavy (non-hydrogen) atoms. The number of hydrogen-bond donors (Lipinski definition) is 1. The minimum Gasteiger partial charge on any atom is -0.496 e. The number of amides is 1. The van der Waals surface area contributed by atoms with Crippen molar-refractivity contribution in [1.82, 2.24) is 0 Å². The van der Waals surface area contributed by atoms with E-state index in [-0.39, 0.29) is 5.56 Å². The number of carbonyl (C=O) groups excluding carboxylic acids is 1. The molecule has 0 spiro atoms. The molecule has 0 bridgehead atoms. The number of methoxy groups -OCH3 is 1. The number of halogens is 2. The number of anilines is 1. The van der Waals surface area contributed by atoms with E-state index in [4.69, 9.17) is 4.74 Å². The summed E-state index contributed by atoms with van der Waals surface area (Å²) in [4.78, 5) is 12.1. The number of ether oxygens (including phenoxy) is 1. The van der Waals surface area contributed by atoms with Gasteiger partial charge < -0.3 is 10.1 Å². The number of rotatable bonds is 3. The van der Waals surface area contributed by atoms with E-state index in [2.05, 4.69) is 27.9 Å². The summed E-state index contributed by atoms with van der Waals surface area (Å²) in [5.74, 6) is -0.543. The lowest BCUT2D eigenvalue weighted by Gasteiger charge is -2.10. The Kier molecular flexibility index (Phi) is 4.36. The van der Waals surface area contributed by atoms with E-state index in [0.717, 1.165) is 9.64 Å². The van der Waals surface area contributed by atoms with Crippen molar-refractivity contribution in [2.45, 2.75) is 0 Å². The van der Waals surface area contributed by atoms with Crippen LogP contribution in [0.5, 0.6) is 5.75 Å². The Bertz CT molecular complexity index is 616. The smallest absolute Gasteiger partial charge is 0.259 e.